The Labute approximate surface area is 222 Å². The number of carbonyl (C=O) groups excluding carboxylic acids is 1. The Morgan fingerprint density at radius 2 is 1.87 bits per heavy atom. The number of alkyl carbamates (subject to hydrolysis) is 1. The molecule has 0 bridgehead atoms. The second kappa shape index (κ2) is 11.5. The van der Waals surface area contributed by atoms with Crippen LogP contribution in [0.1, 0.15) is 59.6 Å². The molecule has 3 N–H and O–H groups in total. The van der Waals surface area contributed by atoms with Crippen molar-refractivity contribution in [3.05, 3.63) is 47.9 Å². The highest BCUT2D eigenvalue weighted by atomic mass is 32.2. The van der Waals surface area contributed by atoms with Crippen molar-refractivity contribution in [2.24, 2.45) is 0 Å². The van der Waals surface area contributed by atoms with Crippen LogP contribution < -0.4 is 10.0 Å². The van der Waals surface area contributed by atoms with Crippen molar-refractivity contribution in [2.75, 3.05) is 11.8 Å². The number of aromatic nitrogens is 4. The number of halogens is 1. The highest BCUT2D eigenvalue weighted by Crippen LogP contribution is 2.36. The van der Waals surface area contributed by atoms with Crippen molar-refractivity contribution < 1.29 is 22.3 Å². The molecule has 0 aliphatic carbocycles. The lowest BCUT2D eigenvalue weighted by atomic mass is 9.96. The number of hydrogen-bond donors (Lipinski definition) is 3. The van der Waals surface area contributed by atoms with E-state index in [0.29, 0.717) is 41.6 Å². The van der Waals surface area contributed by atoms with Crippen molar-refractivity contribution in [1.82, 2.24) is 25.3 Å². The summed E-state index contributed by atoms with van der Waals surface area (Å²) in [5.41, 5.74) is 0.898. The number of carbonyl (C=O) groups is 1. The molecule has 1 aromatic carbocycles. The highest BCUT2D eigenvalue weighted by molar-refractivity contribution is 7.93. The summed E-state index contributed by atoms with van der Waals surface area (Å²) in [7, 11) is -2.45. The maximum absolute atomic E-state index is 15.7. The van der Waals surface area contributed by atoms with Gasteiger partial charge in [0, 0.05) is 29.6 Å². The van der Waals surface area contributed by atoms with Gasteiger partial charge in [0.2, 0.25) is 10.0 Å². The highest BCUT2D eigenvalue weighted by Gasteiger charge is 2.26. The number of sulfonamides is 1. The van der Waals surface area contributed by atoms with E-state index >= 15 is 4.39 Å². The van der Waals surface area contributed by atoms with E-state index in [9.17, 15) is 13.2 Å². The van der Waals surface area contributed by atoms with Crippen LogP contribution in [0, 0.1) is 5.82 Å². The minimum atomic E-state index is -3.75. The summed E-state index contributed by atoms with van der Waals surface area (Å²) in [6.45, 7) is 10.8. The minimum absolute atomic E-state index is 0.131. The van der Waals surface area contributed by atoms with Gasteiger partial charge in [0.15, 0.2) is 5.82 Å². The zero-order valence-corrected chi connectivity index (χ0v) is 23.5. The summed E-state index contributed by atoms with van der Waals surface area (Å²) >= 11 is 0. The quantitative estimate of drug-likeness (QED) is 0.350. The number of nitrogens with zero attached hydrogens (tertiary/aromatic N) is 3. The third-order valence-electron chi connectivity index (χ3n) is 5.85. The second-order valence-corrected chi connectivity index (χ2v) is 12.6. The Hall–Kier alpha value is -3.54. The average molecular weight is 547 g/mol. The lowest BCUT2D eigenvalue weighted by Gasteiger charge is -2.14. The van der Waals surface area contributed by atoms with Gasteiger partial charge in [-0.2, -0.15) is 0 Å². The lowest BCUT2D eigenvalue weighted by Crippen LogP contribution is -2.32. The summed E-state index contributed by atoms with van der Waals surface area (Å²) in [5.74, 6) is 0.422. The van der Waals surface area contributed by atoms with E-state index in [1.165, 1.54) is 27.0 Å². The summed E-state index contributed by atoms with van der Waals surface area (Å²) in [4.78, 5) is 28.5. The van der Waals surface area contributed by atoms with Crippen molar-refractivity contribution in [3.8, 4) is 22.6 Å². The number of H-pyrrole nitrogens is 1. The first kappa shape index (κ1) is 29.0. The van der Waals surface area contributed by atoms with Crippen LogP contribution in [0.25, 0.3) is 22.6 Å². The smallest absolute Gasteiger partial charge is 0.407 e. The third kappa shape index (κ3) is 6.85. The van der Waals surface area contributed by atoms with Gasteiger partial charge in [-0.25, -0.2) is 32.6 Å². The van der Waals surface area contributed by atoms with Crippen LogP contribution in [0.4, 0.5) is 14.9 Å². The van der Waals surface area contributed by atoms with E-state index in [1.54, 1.807) is 24.4 Å². The molecule has 0 radical (unpaired) electrons. The average Bonchev–Trinajstić information content (AvgIpc) is 3.30. The number of ether oxygens (including phenoxy) is 1. The predicted molar refractivity (Wildman–Crippen MR) is 145 cm³/mol. The number of amides is 1. The summed E-state index contributed by atoms with van der Waals surface area (Å²) in [5, 5.41) is 1.98. The normalized spacial score (nSPS) is 12.9. The van der Waals surface area contributed by atoms with Gasteiger partial charge in [0.25, 0.3) is 0 Å². The number of imidazole rings is 1. The zero-order valence-electron chi connectivity index (χ0n) is 22.7. The van der Waals surface area contributed by atoms with Crippen LogP contribution >= 0.6 is 0 Å². The molecule has 2 aromatic heterocycles. The molecule has 3 rings (SSSR count). The monoisotopic (exact) mass is 546 g/mol. The van der Waals surface area contributed by atoms with Crippen molar-refractivity contribution in [2.45, 2.75) is 71.1 Å². The summed E-state index contributed by atoms with van der Waals surface area (Å²) in [6.07, 6.45) is 2.16. The molecular weight excluding hydrogens is 511 g/mol. The van der Waals surface area contributed by atoms with E-state index in [2.05, 4.69) is 29.7 Å². The first-order valence-corrected chi connectivity index (χ1v) is 13.8. The number of methoxy groups -OCH3 is 1. The molecule has 0 unspecified atom stereocenters. The van der Waals surface area contributed by atoms with Gasteiger partial charge in [0.1, 0.15) is 17.3 Å². The van der Waals surface area contributed by atoms with Crippen LogP contribution in [0.2, 0.25) is 0 Å². The molecule has 0 saturated heterocycles. The molecular formula is C26H35FN6O4S. The van der Waals surface area contributed by atoms with Crippen LogP contribution in [-0.2, 0) is 26.6 Å². The number of anilines is 1. The zero-order chi connectivity index (χ0) is 28.3. The Morgan fingerprint density at radius 1 is 1.16 bits per heavy atom. The second-order valence-electron chi connectivity index (χ2n) is 10.4. The number of aryl methyl sites for hydroxylation is 1. The molecule has 0 fully saturated rings. The Balaban J connectivity index is 2.03. The summed E-state index contributed by atoms with van der Waals surface area (Å²) in [6, 6.07) is 6.05. The molecule has 0 spiro atoms. The van der Waals surface area contributed by atoms with Gasteiger partial charge < -0.3 is 15.0 Å². The van der Waals surface area contributed by atoms with Gasteiger partial charge in [-0.05, 0) is 45.4 Å². The van der Waals surface area contributed by atoms with E-state index in [4.69, 9.17) is 4.98 Å². The maximum atomic E-state index is 15.7. The number of aromatic amines is 1. The topological polar surface area (TPSA) is 139 Å². The lowest BCUT2D eigenvalue weighted by molar-refractivity contribution is 0.167. The van der Waals surface area contributed by atoms with Crippen molar-refractivity contribution in [1.29, 1.82) is 0 Å². The molecule has 3 aromatic rings. The Morgan fingerprint density at radius 3 is 2.50 bits per heavy atom. The van der Waals surface area contributed by atoms with Crippen LogP contribution in [0.3, 0.4) is 0 Å². The fourth-order valence-corrected chi connectivity index (χ4v) is 4.21. The Bertz CT molecular complexity index is 1400. The molecule has 1 amide bonds. The first-order chi connectivity index (χ1) is 17.7. The molecule has 0 saturated carbocycles. The van der Waals surface area contributed by atoms with E-state index in [1.807, 2.05) is 27.7 Å². The minimum Gasteiger partial charge on any atom is -0.453 e. The van der Waals surface area contributed by atoms with Gasteiger partial charge in [0.05, 0.1) is 29.4 Å². The van der Waals surface area contributed by atoms with Gasteiger partial charge in [-0.1, -0.05) is 26.8 Å². The number of rotatable bonds is 9. The first-order valence-electron chi connectivity index (χ1n) is 12.3. The molecule has 206 valence electrons. The third-order valence-corrected chi connectivity index (χ3v) is 7.60. The fraction of sp³-hybridized carbons (Fsp3) is 0.462. The Kier molecular flexibility index (Phi) is 8.75. The van der Waals surface area contributed by atoms with Gasteiger partial charge in [-0.15, -0.1) is 0 Å². The van der Waals surface area contributed by atoms with Crippen molar-refractivity contribution in [3.63, 3.8) is 0 Å². The molecule has 10 nitrogen and oxygen atoms in total. The van der Waals surface area contributed by atoms with Crippen LogP contribution in [0.15, 0.2) is 30.5 Å². The SMILES string of the molecule is COC(=O)N[C@@H](C)CCc1nccc(-c2[nH]c(C(C)(C)C)nc2-c2cccc(NS(=O)(=O)C(C)C)c2F)n1. The van der Waals surface area contributed by atoms with E-state index in [-0.39, 0.29) is 22.7 Å². The molecule has 12 heteroatoms. The molecule has 0 aliphatic heterocycles. The number of benzene rings is 1. The molecule has 2 heterocycles. The predicted octanol–water partition coefficient (Wildman–Crippen LogP) is 4.80. The van der Waals surface area contributed by atoms with Gasteiger partial charge in [-0.3, -0.25) is 4.72 Å². The largest absolute Gasteiger partial charge is 0.453 e. The molecule has 1 atom stereocenters. The van der Waals surface area contributed by atoms with Crippen LogP contribution in [-0.4, -0.2) is 52.8 Å². The number of nitrogens with one attached hydrogen (secondary N) is 3. The standard InChI is InChI=1S/C26H35FN6O4S/c1-15(2)38(35,36)33-18-10-8-9-17(21(18)27)22-23(32-24(31-22)26(4,5)6)19-13-14-28-20(30-19)12-11-16(3)29-25(34)37-7/h8-10,13-16,33H,11-12H2,1-7H3,(H,29,34)(H,31,32)/t16-/m0/s1. The molecule has 0 aliphatic rings. The fourth-order valence-electron chi connectivity index (χ4n) is 3.51. The van der Waals surface area contributed by atoms with Gasteiger partial charge >= 0.3 is 6.09 Å². The van der Waals surface area contributed by atoms with Crippen molar-refractivity contribution >= 4 is 21.8 Å². The molecule has 38 heavy (non-hydrogen) atoms. The number of hydrogen-bond acceptors (Lipinski definition) is 7. The van der Waals surface area contributed by atoms with E-state index in [0.717, 1.165) is 0 Å². The van der Waals surface area contributed by atoms with E-state index < -0.39 is 27.2 Å². The summed E-state index contributed by atoms with van der Waals surface area (Å²) < 4.78 is 47.5. The maximum Gasteiger partial charge on any atom is 0.407 e. The van der Waals surface area contributed by atoms with Crippen LogP contribution in [0.5, 0.6) is 0 Å².